The van der Waals surface area contributed by atoms with Gasteiger partial charge >= 0.3 is 5.97 Å². The first kappa shape index (κ1) is 19.4. The number of hydrogen-bond donors (Lipinski definition) is 2. The molecule has 2 unspecified atom stereocenters. The summed E-state index contributed by atoms with van der Waals surface area (Å²) in [6.45, 7) is 2.59. The van der Waals surface area contributed by atoms with E-state index in [4.69, 9.17) is 16.7 Å². The summed E-state index contributed by atoms with van der Waals surface area (Å²) < 4.78 is 25.5. The molecule has 0 spiro atoms. The van der Waals surface area contributed by atoms with Crippen molar-refractivity contribution < 1.29 is 23.1 Å². The van der Waals surface area contributed by atoms with Crippen LogP contribution in [-0.2, 0) is 19.6 Å². The first-order valence-corrected chi connectivity index (χ1v) is 8.61. The monoisotopic (exact) mass is 362 g/mol. The summed E-state index contributed by atoms with van der Waals surface area (Å²) in [5, 5.41) is 11.8. The summed E-state index contributed by atoms with van der Waals surface area (Å²) in [6, 6.07) is 4.96. The van der Waals surface area contributed by atoms with Gasteiger partial charge in [-0.05, 0) is 38.1 Å². The Bertz CT molecular complexity index is 675. The molecule has 0 saturated carbocycles. The largest absolute Gasteiger partial charge is 0.481 e. The predicted octanol–water partition coefficient (Wildman–Crippen LogP) is 1.19. The molecule has 0 aliphatic carbocycles. The lowest BCUT2D eigenvalue weighted by atomic mass is 10.0. The van der Waals surface area contributed by atoms with E-state index in [1.54, 1.807) is 6.92 Å². The van der Waals surface area contributed by atoms with Gasteiger partial charge in [-0.25, -0.2) is 8.42 Å². The Morgan fingerprint density at radius 1 is 1.26 bits per heavy atom. The van der Waals surface area contributed by atoms with Crippen molar-refractivity contribution in [3.8, 4) is 0 Å². The fourth-order valence-electron chi connectivity index (χ4n) is 1.71. The third-order valence-electron chi connectivity index (χ3n) is 3.42. The molecule has 1 aromatic carbocycles. The van der Waals surface area contributed by atoms with Crippen molar-refractivity contribution in [1.29, 1.82) is 0 Å². The van der Waals surface area contributed by atoms with Crippen LogP contribution < -0.4 is 5.32 Å². The number of nitrogens with one attached hydrogen (secondary N) is 1. The van der Waals surface area contributed by atoms with Gasteiger partial charge in [0.15, 0.2) is 0 Å². The van der Waals surface area contributed by atoms with Gasteiger partial charge < -0.3 is 10.4 Å². The van der Waals surface area contributed by atoms with Crippen LogP contribution in [0.4, 0.5) is 0 Å². The molecule has 1 rings (SSSR count). The fraction of sp³-hybridized carbons (Fsp3) is 0.429. The van der Waals surface area contributed by atoms with Crippen LogP contribution in [0, 0.1) is 5.92 Å². The average molecular weight is 363 g/mol. The number of likely N-dealkylation sites (N-methyl/N-ethyl adjacent to an activating group) is 1. The van der Waals surface area contributed by atoms with E-state index >= 15 is 0 Å². The van der Waals surface area contributed by atoms with Crippen molar-refractivity contribution in [3.63, 3.8) is 0 Å². The summed E-state index contributed by atoms with van der Waals surface area (Å²) in [4.78, 5) is 22.8. The van der Waals surface area contributed by atoms with E-state index in [9.17, 15) is 18.0 Å². The molecule has 0 aromatic heterocycles. The van der Waals surface area contributed by atoms with Crippen molar-refractivity contribution in [1.82, 2.24) is 9.62 Å². The van der Waals surface area contributed by atoms with E-state index in [1.807, 2.05) is 0 Å². The average Bonchev–Trinajstić information content (AvgIpc) is 2.46. The number of hydrogen-bond acceptors (Lipinski definition) is 4. The Morgan fingerprint density at radius 3 is 2.26 bits per heavy atom. The minimum absolute atomic E-state index is 0.0177. The Kier molecular flexibility index (Phi) is 6.55. The maximum absolute atomic E-state index is 12.3. The van der Waals surface area contributed by atoms with Crippen molar-refractivity contribution in [3.05, 3.63) is 29.3 Å². The molecular formula is C14H19ClN2O5S. The van der Waals surface area contributed by atoms with Crippen molar-refractivity contribution in [2.75, 3.05) is 13.6 Å². The van der Waals surface area contributed by atoms with Gasteiger partial charge in [0.1, 0.15) is 0 Å². The highest BCUT2D eigenvalue weighted by Gasteiger charge is 2.25. The van der Waals surface area contributed by atoms with Crippen molar-refractivity contribution >= 4 is 33.5 Å². The van der Waals surface area contributed by atoms with Crippen LogP contribution in [-0.4, -0.2) is 49.3 Å². The van der Waals surface area contributed by atoms with Crippen LogP contribution in [0.1, 0.15) is 13.8 Å². The van der Waals surface area contributed by atoms with E-state index in [1.165, 1.54) is 38.2 Å². The molecule has 0 fully saturated rings. The quantitative estimate of drug-likeness (QED) is 0.758. The summed E-state index contributed by atoms with van der Waals surface area (Å²) in [5.74, 6) is -2.40. The number of carbonyl (C=O) groups is 2. The molecule has 128 valence electrons. The number of amides is 1. The third-order valence-corrected chi connectivity index (χ3v) is 5.49. The smallest absolute Gasteiger partial charge is 0.308 e. The van der Waals surface area contributed by atoms with Gasteiger partial charge in [-0.2, -0.15) is 4.31 Å². The number of carboxylic acids is 1. The minimum Gasteiger partial charge on any atom is -0.481 e. The molecule has 0 bridgehead atoms. The highest BCUT2D eigenvalue weighted by molar-refractivity contribution is 7.89. The Hall–Kier alpha value is -1.64. The molecule has 0 aliphatic heterocycles. The first-order valence-electron chi connectivity index (χ1n) is 6.79. The van der Waals surface area contributed by atoms with Crippen LogP contribution in [0.2, 0.25) is 5.02 Å². The first-order chi connectivity index (χ1) is 10.6. The molecule has 7 nitrogen and oxygen atoms in total. The van der Waals surface area contributed by atoms with Gasteiger partial charge in [0.25, 0.3) is 0 Å². The SMILES string of the molecule is CC(NC(=O)CN(C)S(=O)(=O)c1ccc(Cl)cc1)C(C)C(=O)O. The molecule has 1 amide bonds. The number of aliphatic carboxylic acids is 1. The van der Waals surface area contributed by atoms with Gasteiger partial charge in [0, 0.05) is 18.1 Å². The summed E-state index contributed by atoms with van der Waals surface area (Å²) in [5.41, 5.74) is 0. The van der Waals surface area contributed by atoms with Crippen LogP contribution in [0.3, 0.4) is 0 Å². The Balaban J connectivity index is 2.74. The predicted molar refractivity (Wildman–Crippen MR) is 85.7 cm³/mol. The van der Waals surface area contributed by atoms with Gasteiger partial charge in [-0.1, -0.05) is 11.6 Å². The van der Waals surface area contributed by atoms with E-state index in [-0.39, 0.29) is 4.90 Å². The zero-order chi connectivity index (χ0) is 17.8. The van der Waals surface area contributed by atoms with Crippen molar-refractivity contribution in [2.24, 2.45) is 5.92 Å². The van der Waals surface area contributed by atoms with Gasteiger partial charge in [-0.15, -0.1) is 0 Å². The van der Waals surface area contributed by atoms with Crippen LogP contribution in [0.15, 0.2) is 29.2 Å². The lowest BCUT2D eigenvalue weighted by molar-refractivity contribution is -0.142. The third kappa shape index (κ3) is 5.19. The number of halogens is 1. The summed E-state index contributed by atoms with van der Waals surface area (Å²) in [6.07, 6.45) is 0. The number of rotatable bonds is 7. The van der Waals surface area contributed by atoms with E-state index < -0.39 is 40.4 Å². The lowest BCUT2D eigenvalue weighted by Gasteiger charge is -2.21. The normalized spacial score (nSPS) is 14.3. The molecule has 0 aliphatic rings. The summed E-state index contributed by atoms with van der Waals surface area (Å²) >= 11 is 5.72. The molecule has 0 heterocycles. The van der Waals surface area contributed by atoms with Gasteiger partial charge in [-0.3, -0.25) is 9.59 Å². The molecule has 0 saturated heterocycles. The number of nitrogens with zero attached hydrogens (tertiary/aromatic N) is 1. The molecule has 0 radical (unpaired) electrons. The number of sulfonamides is 1. The Labute approximate surface area is 140 Å². The molecule has 1 aromatic rings. The van der Waals surface area contributed by atoms with Crippen LogP contribution in [0.25, 0.3) is 0 Å². The summed E-state index contributed by atoms with van der Waals surface area (Å²) in [7, 11) is -2.55. The standard InChI is InChI=1S/C14H19ClN2O5S/c1-9(14(19)20)10(2)16-13(18)8-17(3)23(21,22)12-6-4-11(15)5-7-12/h4-7,9-10H,8H2,1-3H3,(H,16,18)(H,19,20). The maximum atomic E-state index is 12.3. The maximum Gasteiger partial charge on any atom is 0.308 e. The van der Waals surface area contributed by atoms with Gasteiger partial charge in [0.2, 0.25) is 15.9 Å². The van der Waals surface area contributed by atoms with Crippen molar-refractivity contribution in [2.45, 2.75) is 24.8 Å². The van der Waals surface area contributed by atoms with Crippen LogP contribution >= 0.6 is 11.6 Å². The second-order valence-corrected chi connectivity index (χ2v) is 7.68. The van der Waals surface area contributed by atoms with Gasteiger partial charge in [0.05, 0.1) is 17.4 Å². The molecule has 2 atom stereocenters. The Morgan fingerprint density at radius 2 is 1.78 bits per heavy atom. The van der Waals surface area contributed by atoms with E-state index in [2.05, 4.69) is 5.32 Å². The second-order valence-electron chi connectivity index (χ2n) is 5.20. The zero-order valence-electron chi connectivity index (χ0n) is 13.0. The number of carboxylic acid groups (broad SMARTS) is 1. The minimum atomic E-state index is -3.83. The van der Waals surface area contributed by atoms with E-state index in [0.29, 0.717) is 5.02 Å². The second kappa shape index (κ2) is 7.76. The molecule has 9 heteroatoms. The highest BCUT2D eigenvalue weighted by atomic mass is 35.5. The highest BCUT2D eigenvalue weighted by Crippen LogP contribution is 2.17. The lowest BCUT2D eigenvalue weighted by Crippen LogP contribution is -2.45. The van der Waals surface area contributed by atoms with Crippen LogP contribution in [0.5, 0.6) is 0 Å². The number of carbonyl (C=O) groups excluding carboxylic acids is 1. The zero-order valence-corrected chi connectivity index (χ0v) is 14.6. The number of benzene rings is 1. The fourth-order valence-corrected chi connectivity index (χ4v) is 2.97. The van der Waals surface area contributed by atoms with E-state index in [0.717, 1.165) is 4.31 Å². The molecular weight excluding hydrogens is 344 g/mol. The molecule has 23 heavy (non-hydrogen) atoms. The molecule has 2 N–H and O–H groups in total. The topological polar surface area (TPSA) is 104 Å².